The van der Waals surface area contributed by atoms with E-state index in [0.717, 1.165) is 12.1 Å². The molecule has 5 nitrogen and oxygen atoms in total. The van der Waals surface area contributed by atoms with E-state index in [1.807, 2.05) is 13.8 Å². The van der Waals surface area contributed by atoms with Gasteiger partial charge in [-0.25, -0.2) is 12.8 Å². The number of hydrogen-bond acceptors (Lipinski definition) is 4. The molecule has 1 unspecified atom stereocenters. The molecule has 0 saturated carbocycles. The molecule has 1 aromatic carbocycles. The lowest BCUT2D eigenvalue weighted by Crippen LogP contribution is -2.50. The van der Waals surface area contributed by atoms with Crippen LogP contribution in [0.15, 0.2) is 29.2 Å². The molecule has 130 valence electrons. The van der Waals surface area contributed by atoms with Crippen LogP contribution < -0.4 is 11.1 Å². The second-order valence-electron chi connectivity index (χ2n) is 5.92. The second-order valence-corrected chi connectivity index (χ2v) is 7.96. The van der Waals surface area contributed by atoms with E-state index in [1.165, 1.54) is 12.1 Å². The summed E-state index contributed by atoms with van der Waals surface area (Å²) in [5.74, 6) is -1.91. The minimum atomic E-state index is -3.64. The number of hydrogen-bond donors (Lipinski definition) is 2. The molecule has 1 amide bonds. The summed E-state index contributed by atoms with van der Waals surface area (Å²) in [4.78, 5) is 12.1. The Labute approximate surface area is 137 Å². The van der Waals surface area contributed by atoms with Gasteiger partial charge in [-0.3, -0.25) is 4.79 Å². The van der Waals surface area contributed by atoms with E-state index in [-0.39, 0.29) is 16.6 Å². The number of carbonyl (C=O) groups is 1. The average Bonchev–Trinajstić information content (AvgIpc) is 2.52. The van der Waals surface area contributed by atoms with E-state index in [4.69, 9.17) is 5.73 Å². The third-order valence-electron chi connectivity index (χ3n) is 4.11. The molecule has 0 fully saturated rings. The van der Waals surface area contributed by atoms with E-state index in [1.54, 1.807) is 6.92 Å². The molecule has 0 spiro atoms. The average molecular weight is 344 g/mol. The number of halogens is 1. The van der Waals surface area contributed by atoms with E-state index >= 15 is 0 Å². The van der Waals surface area contributed by atoms with Crippen molar-refractivity contribution in [2.75, 3.05) is 12.3 Å². The van der Waals surface area contributed by atoms with E-state index < -0.39 is 27.1 Å². The summed E-state index contributed by atoms with van der Waals surface area (Å²) >= 11 is 0. The number of rotatable bonds is 8. The number of amides is 1. The van der Waals surface area contributed by atoms with Crippen LogP contribution >= 0.6 is 0 Å². The number of carbonyl (C=O) groups excluding carboxylic acids is 1. The van der Waals surface area contributed by atoms with Crippen LogP contribution in [-0.4, -0.2) is 32.2 Å². The Morgan fingerprint density at radius 3 is 2.26 bits per heavy atom. The van der Waals surface area contributed by atoms with Crippen molar-refractivity contribution in [2.45, 2.75) is 44.0 Å². The van der Waals surface area contributed by atoms with Crippen molar-refractivity contribution < 1.29 is 17.6 Å². The summed E-state index contributed by atoms with van der Waals surface area (Å²) in [6.07, 6.45) is 1.43. The number of benzene rings is 1. The summed E-state index contributed by atoms with van der Waals surface area (Å²) in [6.45, 7) is 5.74. The molecule has 1 rings (SSSR count). The van der Waals surface area contributed by atoms with Gasteiger partial charge in [0, 0.05) is 18.0 Å². The summed E-state index contributed by atoms with van der Waals surface area (Å²) in [6, 6.07) is 4.58. The molecule has 0 saturated heterocycles. The fraction of sp³-hybridized carbons (Fsp3) is 0.562. The van der Waals surface area contributed by atoms with Crippen LogP contribution in [0.25, 0.3) is 0 Å². The van der Waals surface area contributed by atoms with E-state index in [9.17, 15) is 17.6 Å². The van der Waals surface area contributed by atoms with Crippen LogP contribution in [0.2, 0.25) is 0 Å². The highest BCUT2D eigenvalue weighted by molar-refractivity contribution is 7.91. The predicted molar refractivity (Wildman–Crippen MR) is 88.1 cm³/mol. The largest absolute Gasteiger partial charge is 0.354 e. The van der Waals surface area contributed by atoms with Gasteiger partial charge in [-0.15, -0.1) is 0 Å². The van der Waals surface area contributed by atoms with Crippen LogP contribution in [0.1, 0.15) is 33.6 Å². The zero-order chi connectivity index (χ0) is 17.7. The first-order chi connectivity index (χ1) is 10.6. The Balaban J connectivity index is 2.69. The fourth-order valence-electron chi connectivity index (χ4n) is 2.08. The molecular formula is C16H25FN2O3S. The van der Waals surface area contributed by atoms with Gasteiger partial charge in [-0.05, 0) is 37.1 Å². The third-order valence-corrected chi connectivity index (χ3v) is 6.04. The fourth-order valence-corrected chi connectivity index (χ4v) is 3.63. The Morgan fingerprint density at radius 2 is 1.78 bits per heavy atom. The van der Waals surface area contributed by atoms with Crippen LogP contribution in [0.3, 0.4) is 0 Å². The van der Waals surface area contributed by atoms with Gasteiger partial charge >= 0.3 is 0 Å². The Morgan fingerprint density at radius 1 is 1.26 bits per heavy atom. The number of nitrogens with one attached hydrogen (secondary N) is 1. The highest BCUT2D eigenvalue weighted by Crippen LogP contribution is 2.15. The SMILES string of the molecule is CCC(N)(CC)CNC(=O)C(C)CS(=O)(=O)c1ccc(F)cc1. The quantitative estimate of drug-likeness (QED) is 0.705. The molecule has 0 bridgehead atoms. The van der Waals surface area contributed by atoms with Crippen LogP contribution in [0.5, 0.6) is 0 Å². The molecule has 0 aromatic heterocycles. The molecule has 1 aromatic rings. The van der Waals surface area contributed by atoms with Crippen molar-refractivity contribution in [1.29, 1.82) is 0 Å². The topological polar surface area (TPSA) is 89.3 Å². The number of nitrogens with two attached hydrogens (primary N) is 1. The van der Waals surface area contributed by atoms with Gasteiger partial charge in [-0.2, -0.15) is 0 Å². The highest BCUT2D eigenvalue weighted by Gasteiger charge is 2.26. The minimum absolute atomic E-state index is 0.00818. The molecule has 0 aliphatic rings. The summed E-state index contributed by atoms with van der Waals surface area (Å²) in [5.41, 5.74) is 5.63. The predicted octanol–water partition coefficient (Wildman–Crippen LogP) is 1.87. The highest BCUT2D eigenvalue weighted by atomic mass is 32.2. The maximum atomic E-state index is 12.9. The maximum Gasteiger partial charge on any atom is 0.223 e. The van der Waals surface area contributed by atoms with E-state index in [2.05, 4.69) is 5.32 Å². The lowest BCUT2D eigenvalue weighted by Gasteiger charge is -2.27. The third kappa shape index (κ3) is 5.58. The Hall–Kier alpha value is -1.47. The van der Waals surface area contributed by atoms with Gasteiger partial charge in [0.1, 0.15) is 5.82 Å². The second kappa shape index (κ2) is 7.88. The zero-order valence-electron chi connectivity index (χ0n) is 13.8. The van der Waals surface area contributed by atoms with Gasteiger partial charge in [0.15, 0.2) is 9.84 Å². The maximum absolute atomic E-state index is 12.9. The smallest absolute Gasteiger partial charge is 0.223 e. The van der Waals surface area contributed by atoms with Crippen LogP contribution in [-0.2, 0) is 14.6 Å². The zero-order valence-corrected chi connectivity index (χ0v) is 14.6. The van der Waals surface area contributed by atoms with E-state index in [0.29, 0.717) is 19.4 Å². The van der Waals surface area contributed by atoms with Crippen molar-refractivity contribution in [3.8, 4) is 0 Å². The molecule has 1 atom stereocenters. The summed E-state index contributed by atoms with van der Waals surface area (Å²) < 4.78 is 37.4. The molecule has 0 radical (unpaired) electrons. The standard InChI is InChI=1S/C16H25FN2O3S/c1-4-16(18,5-2)11-19-15(20)12(3)10-23(21,22)14-8-6-13(17)7-9-14/h6-9,12H,4-5,10-11,18H2,1-3H3,(H,19,20). The Kier molecular flexibility index (Phi) is 6.70. The molecular weight excluding hydrogens is 319 g/mol. The van der Waals surface area contributed by atoms with Crippen molar-refractivity contribution in [3.63, 3.8) is 0 Å². The van der Waals surface area contributed by atoms with Crippen LogP contribution in [0.4, 0.5) is 4.39 Å². The first-order valence-electron chi connectivity index (χ1n) is 7.68. The molecule has 23 heavy (non-hydrogen) atoms. The Bertz CT molecular complexity index is 625. The van der Waals surface area contributed by atoms with Crippen molar-refractivity contribution in [3.05, 3.63) is 30.1 Å². The van der Waals surface area contributed by atoms with Gasteiger partial charge in [0.05, 0.1) is 10.6 Å². The molecule has 0 aliphatic carbocycles. The number of sulfone groups is 1. The van der Waals surface area contributed by atoms with Gasteiger partial charge in [-0.1, -0.05) is 20.8 Å². The summed E-state index contributed by atoms with van der Waals surface area (Å²) in [5, 5.41) is 2.72. The molecule has 3 N–H and O–H groups in total. The van der Waals surface area contributed by atoms with Crippen LogP contribution in [0, 0.1) is 11.7 Å². The van der Waals surface area contributed by atoms with Crippen molar-refractivity contribution in [1.82, 2.24) is 5.32 Å². The van der Waals surface area contributed by atoms with Crippen molar-refractivity contribution >= 4 is 15.7 Å². The lowest BCUT2D eigenvalue weighted by molar-refractivity contribution is -0.124. The monoisotopic (exact) mass is 344 g/mol. The van der Waals surface area contributed by atoms with Gasteiger partial charge in [0.2, 0.25) is 5.91 Å². The first kappa shape index (κ1) is 19.6. The first-order valence-corrected chi connectivity index (χ1v) is 9.33. The minimum Gasteiger partial charge on any atom is -0.354 e. The van der Waals surface area contributed by atoms with Gasteiger partial charge in [0.25, 0.3) is 0 Å². The molecule has 0 aliphatic heterocycles. The van der Waals surface area contributed by atoms with Crippen molar-refractivity contribution in [2.24, 2.45) is 11.7 Å². The lowest BCUT2D eigenvalue weighted by atomic mass is 9.94. The molecule has 0 heterocycles. The van der Waals surface area contributed by atoms with Gasteiger partial charge < -0.3 is 11.1 Å². The molecule has 7 heteroatoms. The summed E-state index contributed by atoms with van der Waals surface area (Å²) in [7, 11) is -3.64. The normalized spacial score (nSPS) is 13.6.